The van der Waals surface area contributed by atoms with E-state index in [0.717, 1.165) is 5.56 Å². The first-order chi connectivity index (χ1) is 9.98. The Morgan fingerprint density at radius 2 is 1.52 bits per heavy atom. The minimum atomic E-state index is -4.91. The molecule has 0 N–H and O–H groups in total. The van der Waals surface area contributed by atoms with Crippen LogP contribution in [-0.4, -0.2) is 16.7 Å². The van der Waals surface area contributed by atoms with E-state index in [9.17, 15) is 18.0 Å². The summed E-state index contributed by atoms with van der Waals surface area (Å²) in [6.07, 6.45) is -3.66. The Morgan fingerprint density at radius 3 is 2.19 bits per heavy atom. The van der Waals surface area contributed by atoms with E-state index in [-0.39, 0.29) is 5.52 Å². The van der Waals surface area contributed by atoms with Gasteiger partial charge in [-0.1, -0.05) is 48.5 Å². The average Bonchev–Trinajstić information content (AvgIpc) is 2.86. The normalized spacial score (nSPS) is 11.8. The molecule has 2 nitrogen and oxygen atoms in total. The van der Waals surface area contributed by atoms with Crippen molar-refractivity contribution in [1.82, 2.24) is 4.57 Å². The lowest BCUT2D eigenvalue weighted by Crippen LogP contribution is -2.28. The highest BCUT2D eigenvalue weighted by atomic mass is 19.4. The average molecular weight is 289 g/mol. The molecule has 1 aromatic heterocycles. The third-order valence-corrected chi connectivity index (χ3v) is 3.26. The second kappa shape index (κ2) is 4.77. The number of carbonyl (C=O) groups is 1. The van der Waals surface area contributed by atoms with Crippen molar-refractivity contribution < 1.29 is 18.0 Å². The fourth-order valence-corrected chi connectivity index (χ4v) is 2.33. The van der Waals surface area contributed by atoms with Gasteiger partial charge < -0.3 is 0 Å². The predicted octanol–water partition coefficient (Wildman–Crippen LogP) is 4.51. The van der Waals surface area contributed by atoms with Gasteiger partial charge in [-0.15, -0.1) is 0 Å². The Balaban J connectivity index is 2.27. The number of para-hydroxylation sites is 1. The fourth-order valence-electron chi connectivity index (χ4n) is 2.33. The molecule has 21 heavy (non-hydrogen) atoms. The molecular formula is C16H10F3NO. The molecule has 106 valence electrons. The molecule has 0 bridgehead atoms. The number of alkyl halides is 3. The number of benzene rings is 2. The number of nitrogens with zero attached hydrogens (tertiary/aromatic N) is 1. The van der Waals surface area contributed by atoms with Gasteiger partial charge in [-0.05, 0) is 11.6 Å². The van der Waals surface area contributed by atoms with E-state index in [1.165, 1.54) is 12.3 Å². The molecule has 0 unspecified atom stereocenters. The van der Waals surface area contributed by atoms with Gasteiger partial charge in [0.15, 0.2) is 0 Å². The first kappa shape index (κ1) is 13.4. The summed E-state index contributed by atoms with van der Waals surface area (Å²) in [4.78, 5) is 11.6. The Bertz CT molecular complexity index is 803. The van der Waals surface area contributed by atoms with E-state index < -0.39 is 12.1 Å². The van der Waals surface area contributed by atoms with Crippen molar-refractivity contribution in [2.75, 3.05) is 0 Å². The molecule has 0 saturated carbocycles. The maximum atomic E-state index is 12.7. The molecule has 0 aliphatic rings. The number of hydrogen-bond acceptors (Lipinski definition) is 1. The minimum Gasteiger partial charge on any atom is -0.279 e. The summed E-state index contributed by atoms with van der Waals surface area (Å²) in [6, 6.07) is 15.6. The SMILES string of the molecule is O=C(n1cc(-c2ccccc2)c2ccccc21)C(F)(F)F. The van der Waals surface area contributed by atoms with Crippen molar-refractivity contribution >= 4 is 16.8 Å². The van der Waals surface area contributed by atoms with Gasteiger partial charge in [0.05, 0.1) is 5.52 Å². The highest BCUT2D eigenvalue weighted by Crippen LogP contribution is 2.32. The van der Waals surface area contributed by atoms with Crippen LogP contribution in [0.5, 0.6) is 0 Å². The molecule has 3 aromatic rings. The summed E-state index contributed by atoms with van der Waals surface area (Å²) in [6.45, 7) is 0. The second-order valence-electron chi connectivity index (χ2n) is 4.60. The number of rotatable bonds is 1. The fraction of sp³-hybridized carbons (Fsp3) is 0.0625. The minimum absolute atomic E-state index is 0.249. The van der Waals surface area contributed by atoms with Crippen LogP contribution in [0.15, 0.2) is 60.8 Å². The van der Waals surface area contributed by atoms with Crippen LogP contribution >= 0.6 is 0 Å². The summed E-state index contributed by atoms with van der Waals surface area (Å²) in [5.41, 5.74) is 1.62. The second-order valence-corrected chi connectivity index (χ2v) is 4.60. The molecule has 0 aliphatic heterocycles. The lowest BCUT2D eigenvalue weighted by atomic mass is 10.1. The van der Waals surface area contributed by atoms with E-state index in [1.807, 2.05) is 6.07 Å². The summed E-state index contributed by atoms with van der Waals surface area (Å²) in [5, 5.41) is 0.612. The van der Waals surface area contributed by atoms with Crippen LogP contribution in [0.3, 0.4) is 0 Å². The van der Waals surface area contributed by atoms with Crippen LogP contribution in [0.4, 0.5) is 13.2 Å². The number of carbonyl (C=O) groups excluding carboxylic acids is 1. The van der Waals surface area contributed by atoms with Crippen LogP contribution in [0.2, 0.25) is 0 Å². The molecule has 5 heteroatoms. The number of fused-ring (bicyclic) bond motifs is 1. The van der Waals surface area contributed by atoms with Gasteiger partial charge in [0.25, 0.3) is 0 Å². The Morgan fingerprint density at radius 1 is 0.905 bits per heavy atom. The summed E-state index contributed by atoms with van der Waals surface area (Å²) < 4.78 is 38.8. The first-order valence-electron chi connectivity index (χ1n) is 6.25. The first-order valence-corrected chi connectivity index (χ1v) is 6.25. The lowest BCUT2D eigenvalue weighted by molar-refractivity contribution is -0.0942. The predicted molar refractivity (Wildman–Crippen MR) is 74.1 cm³/mol. The van der Waals surface area contributed by atoms with Crippen molar-refractivity contribution in [3.05, 3.63) is 60.8 Å². The standard InChI is InChI=1S/C16H10F3NO/c17-16(18,19)15(21)20-10-13(11-6-2-1-3-7-11)12-8-4-5-9-14(12)20/h1-10H. The summed E-state index contributed by atoms with van der Waals surface area (Å²) in [5.74, 6) is -1.89. The maximum Gasteiger partial charge on any atom is 0.472 e. The molecule has 2 aromatic carbocycles. The Labute approximate surface area is 118 Å². The molecule has 1 heterocycles. The largest absolute Gasteiger partial charge is 0.472 e. The molecule has 0 saturated heterocycles. The van der Waals surface area contributed by atoms with Crippen LogP contribution in [0.25, 0.3) is 22.0 Å². The topological polar surface area (TPSA) is 22.0 Å². The van der Waals surface area contributed by atoms with Crippen molar-refractivity contribution in [2.45, 2.75) is 6.18 Å². The number of halogens is 3. The van der Waals surface area contributed by atoms with Crippen molar-refractivity contribution in [3.8, 4) is 11.1 Å². The molecule has 0 radical (unpaired) electrons. The van der Waals surface area contributed by atoms with E-state index in [4.69, 9.17) is 0 Å². The van der Waals surface area contributed by atoms with E-state index in [0.29, 0.717) is 15.5 Å². The third kappa shape index (κ3) is 2.31. The van der Waals surface area contributed by atoms with Gasteiger partial charge >= 0.3 is 12.1 Å². The summed E-state index contributed by atoms with van der Waals surface area (Å²) in [7, 11) is 0. The van der Waals surface area contributed by atoms with Crippen LogP contribution < -0.4 is 0 Å². The van der Waals surface area contributed by atoms with Crippen molar-refractivity contribution in [2.24, 2.45) is 0 Å². The van der Waals surface area contributed by atoms with Crippen LogP contribution in [-0.2, 0) is 0 Å². The molecule has 0 amide bonds. The Kier molecular flexibility index (Phi) is 3.05. The molecule has 3 rings (SSSR count). The zero-order chi connectivity index (χ0) is 15.0. The molecule has 0 fully saturated rings. The maximum absolute atomic E-state index is 12.7. The summed E-state index contributed by atoms with van der Waals surface area (Å²) >= 11 is 0. The molecule has 0 spiro atoms. The van der Waals surface area contributed by atoms with Crippen LogP contribution in [0, 0.1) is 0 Å². The molecular weight excluding hydrogens is 279 g/mol. The monoisotopic (exact) mass is 289 g/mol. The number of aromatic nitrogens is 1. The van der Waals surface area contributed by atoms with E-state index >= 15 is 0 Å². The molecule has 0 atom stereocenters. The van der Waals surface area contributed by atoms with Crippen LogP contribution in [0.1, 0.15) is 4.79 Å². The van der Waals surface area contributed by atoms with Crippen molar-refractivity contribution in [1.29, 1.82) is 0 Å². The van der Waals surface area contributed by atoms with Gasteiger partial charge in [-0.3, -0.25) is 9.36 Å². The lowest BCUT2D eigenvalue weighted by Gasteiger charge is -2.06. The zero-order valence-corrected chi connectivity index (χ0v) is 10.8. The van der Waals surface area contributed by atoms with Gasteiger partial charge in [-0.25, -0.2) is 0 Å². The van der Waals surface area contributed by atoms with E-state index in [2.05, 4.69) is 0 Å². The van der Waals surface area contributed by atoms with Crippen molar-refractivity contribution in [3.63, 3.8) is 0 Å². The van der Waals surface area contributed by atoms with Gasteiger partial charge in [0, 0.05) is 17.1 Å². The van der Waals surface area contributed by atoms with Gasteiger partial charge in [0.2, 0.25) is 0 Å². The highest BCUT2D eigenvalue weighted by molar-refractivity contribution is 6.02. The third-order valence-electron chi connectivity index (χ3n) is 3.26. The highest BCUT2D eigenvalue weighted by Gasteiger charge is 2.40. The zero-order valence-electron chi connectivity index (χ0n) is 10.8. The quantitative estimate of drug-likeness (QED) is 0.646. The molecule has 0 aliphatic carbocycles. The van der Waals surface area contributed by atoms with E-state index in [1.54, 1.807) is 42.5 Å². The Hall–Kier alpha value is -2.56. The van der Waals surface area contributed by atoms with Gasteiger partial charge in [0.1, 0.15) is 0 Å². The number of hydrogen-bond donors (Lipinski definition) is 0. The van der Waals surface area contributed by atoms with Gasteiger partial charge in [-0.2, -0.15) is 13.2 Å². The smallest absolute Gasteiger partial charge is 0.279 e.